The van der Waals surface area contributed by atoms with Crippen molar-refractivity contribution in [3.05, 3.63) is 12.2 Å². The first-order valence-electron chi connectivity index (χ1n) is 7.26. The summed E-state index contributed by atoms with van der Waals surface area (Å²) in [5.74, 6) is 1.70. The average molecular weight is 265 g/mol. The number of hydrogen-bond donors (Lipinski definition) is 1. The molecule has 2 rings (SSSR count). The molecule has 1 unspecified atom stereocenters. The molecule has 1 fully saturated rings. The number of hydrogen-bond acceptors (Lipinski definition) is 4. The molecule has 5 nitrogen and oxygen atoms in total. The van der Waals surface area contributed by atoms with Crippen LogP contribution in [0, 0.1) is 11.3 Å². The molecule has 0 saturated carbocycles. The van der Waals surface area contributed by atoms with Gasteiger partial charge in [-0.1, -0.05) is 20.8 Å². The average Bonchev–Trinajstić information content (AvgIpc) is 2.88. The molecule has 19 heavy (non-hydrogen) atoms. The van der Waals surface area contributed by atoms with Crippen molar-refractivity contribution in [2.45, 2.75) is 40.3 Å². The standard InChI is InChI=1S/C14H27N5/c1-12(2)7-19-13(16-11-17-19)8-18-6-5-14(3,10-18)9-15-4/h11-12,15H,5-10H2,1-4H3. The van der Waals surface area contributed by atoms with Crippen molar-refractivity contribution in [3.63, 3.8) is 0 Å². The van der Waals surface area contributed by atoms with Crippen LogP contribution in [0.25, 0.3) is 0 Å². The van der Waals surface area contributed by atoms with Gasteiger partial charge in [0, 0.05) is 19.6 Å². The quantitative estimate of drug-likeness (QED) is 0.844. The molecule has 2 heterocycles. The Labute approximate surface area is 116 Å². The molecule has 0 aromatic carbocycles. The van der Waals surface area contributed by atoms with Gasteiger partial charge in [-0.2, -0.15) is 5.10 Å². The van der Waals surface area contributed by atoms with E-state index in [2.05, 4.69) is 45.8 Å². The van der Waals surface area contributed by atoms with Crippen molar-refractivity contribution >= 4 is 0 Å². The van der Waals surface area contributed by atoms with Crippen molar-refractivity contribution in [1.29, 1.82) is 0 Å². The normalized spacial score (nSPS) is 24.5. The van der Waals surface area contributed by atoms with Gasteiger partial charge in [-0.25, -0.2) is 9.67 Å². The molecule has 1 aliphatic heterocycles. The Kier molecular flexibility index (Phi) is 4.58. The van der Waals surface area contributed by atoms with Gasteiger partial charge in [0.1, 0.15) is 12.2 Å². The second-order valence-electron chi connectivity index (χ2n) is 6.55. The Hall–Kier alpha value is -0.940. The van der Waals surface area contributed by atoms with Gasteiger partial charge in [-0.05, 0) is 31.3 Å². The van der Waals surface area contributed by atoms with Gasteiger partial charge in [0.25, 0.3) is 0 Å². The summed E-state index contributed by atoms with van der Waals surface area (Å²) in [6.45, 7) is 12.1. The molecule has 0 aliphatic carbocycles. The lowest BCUT2D eigenvalue weighted by Crippen LogP contribution is -2.33. The highest BCUT2D eigenvalue weighted by atomic mass is 15.4. The van der Waals surface area contributed by atoms with Gasteiger partial charge in [0.15, 0.2) is 0 Å². The molecule has 1 atom stereocenters. The first-order valence-corrected chi connectivity index (χ1v) is 7.26. The smallest absolute Gasteiger partial charge is 0.141 e. The Morgan fingerprint density at radius 2 is 2.26 bits per heavy atom. The molecule has 5 heteroatoms. The highest BCUT2D eigenvalue weighted by molar-refractivity contribution is 4.92. The Bertz CT molecular complexity index is 400. The first kappa shape index (κ1) is 14.5. The van der Waals surface area contributed by atoms with Crippen molar-refractivity contribution < 1.29 is 0 Å². The fraction of sp³-hybridized carbons (Fsp3) is 0.857. The minimum absolute atomic E-state index is 0.400. The summed E-state index contributed by atoms with van der Waals surface area (Å²) in [4.78, 5) is 6.92. The molecule has 0 spiro atoms. The van der Waals surface area contributed by atoms with Crippen LogP contribution >= 0.6 is 0 Å². The van der Waals surface area contributed by atoms with E-state index in [0.717, 1.165) is 38.5 Å². The Morgan fingerprint density at radius 3 is 2.95 bits per heavy atom. The largest absolute Gasteiger partial charge is 0.319 e. The van der Waals surface area contributed by atoms with Crippen LogP contribution in [0.4, 0.5) is 0 Å². The van der Waals surface area contributed by atoms with E-state index in [4.69, 9.17) is 0 Å². The molecular formula is C14H27N5. The van der Waals surface area contributed by atoms with Crippen LogP contribution in [0.15, 0.2) is 6.33 Å². The molecule has 0 bridgehead atoms. The third-order valence-electron chi connectivity index (χ3n) is 3.84. The Morgan fingerprint density at radius 1 is 1.47 bits per heavy atom. The minimum atomic E-state index is 0.400. The lowest BCUT2D eigenvalue weighted by atomic mass is 9.90. The van der Waals surface area contributed by atoms with E-state index in [9.17, 15) is 0 Å². The van der Waals surface area contributed by atoms with Crippen LogP contribution in [0.1, 0.15) is 33.0 Å². The number of likely N-dealkylation sites (tertiary alicyclic amines) is 1. The van der Waals surface area contributed by atoms with Gasteiger partial charge >= 0.3 is 0 Å². The number of nitrogens with zero attached hydrogens (tertiary/aromatic N) is 4. The monoisotopic (exact) mass is 265 g/mol. The zero-order chi connectivity index (χ0) is 13.9. The molecular weight excluding hydrogens is 238 g/mol. The van der Waals surface area contributed by atoms with Crippen molar-refractivity contribution in [1.82, 2.24) is 25.0 Å². The van der Waals surface area contributed by atoms with Gasteiger partial charge in [-0.3, -0.25) is 4.90 Å². The SMILES string of the molecule is CNCC1(C)CCN(Cc2ncnn2CC(C)C)C1. The fourth-order valence-electron chi connectivity index (χ4n) is 2.94. The zero-order valence-corrected chi connectivity index (χ0v) is 12.7. The predicted molar refractivity (Wildman–Crippen MR) is 76.8 cm³/mol. The number of aromatic nitrogens is 3. The lowest BCUT2D eigenvalue weighted by Gasteiger charge is -2.24. The molecule has 1 aromatic heterocycles. The maximum absolute atomic E-state index is 4.42. The topological polar surface area (TPSA) is 46.0 Å². The van der Waals surface area contributed by atoms with Crippen LogP contribution in [0.3, 0.4) is 0 Å². The third-order valence-corrected chi connectivity index (χ3v) is 3.84. The van der Waals surface area contributed by atoms with E-state index in [-0.39, 0.29) is 0 Å². The summed E-state index contributed by atoms with van der Waals surface area (Å²) in [7, 11) is 2.03. The lowest BCUT2D eigenvalue weighted by molar-refractivity contribution is 0.255. The molecule has 1 N–H and O–H groups in total. The van der Waals surface area contributed by atoms with Crippen molar-refractivity contribution in [2.24, 2.45) is 11.3 Å². The second kappa shape index (κ2) is 6.01. The van der Waals surface area contributed by atoms with Gasteiger partial charge < -0.3 is 5.32 Å². The fourth-order valence-corrected chi connectivity index (χ4v) is 2.94. The summed E-state index contributed by atoms with van der Waals surface area (Å²) in [5, 5.41) is 7.64. The predicted octanol–water partition coefficient (Wildman–Crippen LogP) is 1.37. The zero-order valence-electron chi connectivity index (χ0n) is 12.7. The number of rotatable bonds is 6. The second-order valence-corrected chi connectivity index (χ2v) is 6.55. The van der Waals surface area contributed by atoms with Crippen LogP contribution in [-0.2, 0) is 13.1 Å². The van der Waals surface area contributed by atoms with E-state index in [0.29, 0.717) is 11.3 Å². The minimum Gasteiger partial charge on any atom is -0.319 e. The van der Waals surface area contributed by atoms with E-state index in [1.54, 1.807) is 6.33 Å². The summed E-state index contributed by atoms with van der Waals surface area (Å²) in [6, 6.07) is 0. The maximum Gasteiger partial charge on any atom is 0.141 e. The summed E-state index contributed by atoms with van der Waals surface area (Å²) >= 11 is 0. The molecule has 108 valence electrons. The van der Waals surface area contributed by atoms with Crippen LogP contribution in [-0.4, -0.2) is 46.3 Å². The van der Waals surface area contributed by atoms with Crippen molar-refractivity contribution in [2.75, 3.05) is 26.7 Å². The van der Waals surface area contributed by atoms with Gasteiger partial charge in [0.2, 0.25) is 0 Å². The highest BCUT2D eigenvalue weighted by Gasteiger charge is 2.33. The summed E-state index contributed by atoms with van der Waals surface area (Å²) in [6.07, 6.45) is 2.94. The van der Waals surface area contributed by atoms with Crippen LogP contribution in [0.2, 0.25) is 0 Å². The third kappa shape index (κ3) is 3.76. The maximum atomic E-state index is 4.42. The Balaban J connectivity index is 1.94. The molecule has 0 radical (unpaired) electrons. The molecule has 0 amide bonds. The highest BCUT2D eigenvalue weighted by Crippen LogP contribution is 2.29. The number of nitrogens with one attached hydrogen (secondary N) is 1. The van der Waals surface area contributed by atoms with Crippen LogP contribution in [0.5, 0.6) is 0 Å². The van der Waals surface area contributed by atoms with Crippen LogP contribution < -0.4 is 5.32 Å². The summed E-state index contributed by atoms with van der Waals surface area (Å²) < 4.78 is 2.05. The van der Waals surface area contributed by atoms with Crippen molar-refractivity contribution in [3.8, 4) is 0 Å². The first-order chi connectivity index (χ1) is 9.02. The molecule has 1 aromatic rings. The molecule has 1 aliphatic rings. The van der Waals surface area contributed by atoms with E-state index in [1.807, 2.05) is 7.05 Å². The van der Waals surface area contributed by atoms with E-state index >= 15 is 0 Å². The van der Waals surface area contributed by atoms with E-state index in [1.165, 1.54) is 6.42 Å². The van der Waals surface area contributed by atoms with Gasteiger partial charge in [0.05, 0.1) is 6.54 Å². The van der Waals surface area contributed by atoms with Gasteiger partial charge in [-0.15, -0.1) is 0 Å². The van der Waals surface area contributed by atoms with E-state index < -0.39 is 0 Å². The summed E-state index contributed by atoms with van der Waals surface area (Å²) in [5.41, 5.74) is 0.400. The molecule has 1 saturated heterocycles.